The molecular formula is C14H14FN5S. The van der Waals surface area contributed by atoms with Gasteiger partial charge in [0.1, 0.15) is 5.82 Å². The summed E-state index contributed by atoms with van der Waals surface area (Å²) in [5.41, 5.74) is 1.70. The maximum atomic E-state index is 13.1. The third-order valence-electron chi connectivity index (χ3n) is 3.00. The molecule has 0 aliphatic heterocycles. The Morgan fingerprint density at radius 1 is 1.29 bits per heavy atom. The fourth-order valence-electron chi connectivity index (χ4n) is 2.02. The molecule has 0 aliphatic rings. The summed E-state index contributed by atoms with van der Waals surface area (Å²) in [6, 6.07) is 8.44. The lowest BCUT2D eigenvalue weighted by Crippen LogP contribution is -2.12. The number of thioether (sulfide) groups is 1. The Kier molecular flexibility index (Phi) is 4.01. The van der Waals surface area contributed by atoms with Gasteiger partial charge in [-0.2, -0.15) is 14.6 Å². The number of hydrogen-bond donors (Lipinski definition) is 1. The van der Waals surface area contributed by atoms with Crippen molar-refractivity contribution in [2.75, 3.05) is 18.1 Å². The summed E-state index contributed by atoms with van der Waals surface area (Å²) in [5, 5.41) is 8.11. The van der Waals surface area contributed by atoms with Crippen molar-refractivity contribution in [2.24, 2.45) is 0 Å². The van der Waals surface area contributed by atoms with Gasteiger partial charge >= 0.3 is 0 Å². The smallest absolute Gasteiger partial charge is 0.228 e. The van der Waals surface area contributed by atoms with Crippen LogP contribution in [0.1, 0.15) is 5.56 Å². The Hall–Kier alpha value is -2.15. The number of rotatable bonds is 5. The highest BCUT2D eigenvalue weighted by atomic mass is 32.2. The van der Waals surface area contributed by atoms with E-state index in [-0.39, 0.29) is 5.82 Å². The molecule has 5 nitrogen and oxygen atoms in total. The number of aromatic nitrogens is 4. The van der Waals surface area contributed by atoms with Gasteiger partial charge < -0.3 is 5.32 Å². The van der Waals surface area contributed by atoms with Gasteiger partial charge in [-0.05, 0) is 30.4 Å². The molecule has 0 radical (unpaired) electrons. The van der Waals surface area contributed by atoms with E-state index in [4.69, 9.17) is 0 Å². The number of fused-ring (bicyclic) bond motifs is 1. The first-order valence-electron chi connectivity index (χ1n) is 6.50. The molecule has 0 spiro atoms. The van der Waals surface area contributed by atoms with Crippen LogP contribution in [0.25, 0.3) is 5.65 Å². The van der Waals surface area contributed by atoms with Crippen LogP contribution >= 0.6 is 11.8 Å². The first-order chi connectivity index (χ1) is 10.3. The highest BCUT2D eigenvalue weighted by molar-refractivity contribution is 7.98. The first kappa shape index (κ1) is 13.8. The van der Waals surface area contributed by atoms with E-state index in [0.29, 0.717) is 24.1 Å². The Balaban J connectivity index is 1.74. The minimum atomic E-state index is -0.214. The second-order valence-corrected chi connectivity index (χ2v) is 5.22. The van der Waals surface area contributed by atoms with Crippen LogP contribution in [0.15, 0.2) is 41.7 Å². The molecule has 1 aromatic carbocycles. The third kappa shape index (κ3) is 3.13. The number of hydrogen-bond acceptors (Lipinski definition) is 5. The number of benzene rings is 1. The van der Waals surface area contributed by atoms with E-state index in [1.54, 1.807) is 22.8 Å². The third-order valence-corrected chi connectivity index (χ3v) is 3.55. The highest BCUT2D eigenvalue weighted by Gasteiger charge is 2.07. The van der Waals surface area contributed by atoms with E-state index in [9.17, 15) is 4.39 Å². The lowest BCUT2D eigenvalue weighted by molar-refractivity contribution is 0.625. The molecule has 0 aliphatic carbocycles. The largest absolute Gasteiger partial charge is 0.354 e. The van der Waals surface area contributed by atoms with Crippen LogP contribution in [0.3, 0.4) is 0 Å². The fourth-order valence-corrected chi connectivity index (χ4v) is 2.38. The second kappa shape index (κ2) is 6.09. The minimum absolute atomic E-state index is 0.214. The summed E-state index contributed by atoms with van der Waals surface area (Å²) in [7, 11) is 0. The quantitative estimate of drug-likeness (QED) is 0.734. The molecule has 21 heavy (non-hydrogen) atoms. The molecule has 0 saturated carbocycles. The van der Waals surface area contributed by atoms with Crippen LogP contribution in [0, 0.1) is 5.82 Å². The standard InChI is InChI=1S/C14H14FN5S/c1-21-14-18-12-6-8-17-20(12)13(19-14)16-7-5-10-3-2-4-11(15)9-10/h2-4,6,8-9H,5,7H2,1H3,(H,16,18,19). The topological polar surface area (TPSA) is 55.1 Å². The molecule has 0 atom stereocenters. The Labute approximate surface area is 125 Å². The zero-order valence-corrected chi connectivity index (χ0v) is 12.3. The van der Waals surface area contributed by atoms with E-state index in [0.717, 1.165) is 11.2 Å². The van der Waals surface area contributed by atoms with Gasteiger partial charge in [0.05, 0.1) is 6.20 Å². The maximum absolute atomic E-state index is 13.1. The van der Waals surface area contributed by atoms with Crippen molar-refractivity contribution in [3.8, 4) is 0 Å². The van der Waals surface area contributed by atoms with Crippen molar-refractivity contribution in [3.63, 3.8) is 0 Å². The van der Waals surface area contributed by atoms with Crippen molar-refractivity contribution in [1.29, 1.82) is 0 Å². The molecule has 0 unspecified atom stereocenters. The van der Waals surface area contributed by atoms with E-state index < -0.39 is 0 Å². The summed E-state index contributed by atoms with van der Waals surface area (Å²) < 4.78 is 14.8. The predicted molar refractivity (Wildman–Crippen MR) is 81.2 cm³/mol. The van der Waals surface area contributed by atoms with Crippen molar-refractivity contribution >= 4 is 23.4 Å². The molecule has 0 bridgehead atoms. The van der Waals surface area contributed by atoms with Crippen LogP contribution < -0.4 is 5.32 Å². The van der Waals surface area contributed by atoms with Gasteiger partial charge in [0.25, 0.3) is 0 Å². The van der Waals surface area contributed by atoms with E-state index in [1.165, 1.54) is 17.8 Å². The zero-order chi connectivity index (χ0) is 14.7. The van der Waals surface area contributed by atoms with Crippen LogP contribution in [0.2, 0.25) is 0 Å². The SMILES string of the molecule is CSc1nc(NCCc2cccc(F)c2)n2nccc2n1. The number of nitrogens with zero attached hydrogens (tertiary/aromatic N) is 4. The highest BCUT2D eigenvalue weighted by Crippen LogP contribution is 2.14. The summed E-state index contributed by atoms with van der Waals surface area (Å²) >= 11 is 1.48. The molecule has 108 valence electrons. The molecule has 0 amide bonds. The van der Waals surface area contributed by atoms with Crippen LogP contribution in [0.5, 0.6) is 0 Å². The van der Waals surface area contributed by atoms with Crippen LogP contribution in [-0.2, 0) is 6.42 Å². The number of nitrogens with one attached hydrogen (secondary N) is 1. The molecule has 0 saturated heterocycles. The van der Waals surface area contributed by atoms with Gasteiger partial charge in [-0.3, -0.25) is 0 Å². The summed E-state index contributed by atoms with van der Waals surface area (Å²) in [5.74, 6) is 0.430. The van der Waals surface area contributed by atoms with Gasteiger partial charge in [-0.25, -0.2) is 9.37 Å². The Bertz CT molecular complexity index is 758. The monoisotopic (exact) mass is 303 g/mol. The minimum Gasteiger partial charge on any atom is -0.354 e. The average Bonchev–Trinajstić information content (AvgIpc) is 2.95. The van der Waals surface area contributed by atoms with Gasteiger partial charge in [0.15, 0.2) is 10.8 Å². The second-order valence-electron chi connectivity index (χ2n) is 4.44. The Morgan fingerprint density at radius 2 is 2.19 bits per heavy atom. The average molecular weight is 303 g/mol. The first-order valence-corrected chi connectivity index (χ1v) is 7.73. The van der Waals surface area contributed by atoms with E-state index in [2.05, 4.69) is 20.4 Å². The lowest BCUT2D eigenvalue weighted by Gasteiger charge is -2.08. The van der Waals surface area contributed by atoms with Gasteiger partial charge in [0, 0.05) is 12.6 Å². The van der Waals surface area contributed by atoms with Crippen LogP contribution in [-0.4, -0.2) is 32.4 Å². The molecule has 3 aromatic rings. The van der Waals surface area contributed by atoms with Crippen molar-refractivity contribution < 1.29 is 4.39 Å². The molecule has 2 heterocycles. The summed E-state index contributed by atoms with van der Waals surface area (Å²) in [4.78, 5) is 8.76. The number of halogens is 1. The van der Waals surface area contributed by atoms with Gasteiger partial charge in [-0.15, -0.1) is 0 Å². The molecule has 7 heteroatoms. The fraction of sp³-hybridized carbons (Fsp3) is 0.214. The summed E-state index contributed by atoms with van der Waals surface area (Å²) in [6.07, 6.45) is 4.32. The maximum Gasteiger partial charge on any atom is 0.228 e. The molecular weight excluding hydrogens is 289 g/mol. The van der Waals surface area contributed by atoms with E-state index >= 15 is 0 Å². The van der Waals surface area contributed by atoms with Gasteiger partial charge in [0.2, 0.25) is 5.95 Å². The molecule has 0 fully saturated rings. The zero-order valence-electron chi connectivity index (χ0n) is 11.5. The molecule has 3 rings (SSSR count). The molecule has 2 aromatic heterocycles. The van der Waals surface area contributed by atoms with Crippen molar-refractivity contribution in [3.05, 3.63) is 47.9 Å². The van der Waals surface area contributed by atoms with Crippen LogP contribution in [0.4, 0.5) is 10.3 Å². The Morgan fingerprint density at radius 3 is 3.00 bits per heavy atom. The van der Waals surface area contributed by atoms with Crippen molar-refractivity contribution in [2.45, 2.75) is 11.6 Å². The number of anilines is 1. The normalized spacial score (nSPS) is 11.0. The van der Waals surface area contributed by atoms with E-state index in [1.807, 2.05) is 18.4 Å². The van der Waals surface area contributed by atoms with Crippen molar-refractivity contribution in [1.82, 2.24) is 19.6 Å². The predicted octanol–water partition coefficient (Wildman–Crippen LogP) is 2.64. The van der Waals surface area contributed by atoms with Gasteiger partial charge in [-0.1, -0.05) is 23.9 Å². The lowest BCUT2D eigenvalue weighted by atomic mass is 10.1. The molecule has 1 N–H and O–H groups in total. The summed E-state index contributed by atoms with van der Waals surface area (Å²) in [6.45, 7) is 0.642.